The number of thiazole rings is 1. The molecule has 3 aromatic rings. The van der Waals surface area contributed by atoms with Crippen LogP contribution in [-0.2, 0) is 6.61 Å². The number of hydrogen-bond donors (Lipinski definition) is 1. The average Bonchev–Trinajstić information content (AvgIpc) is 3.39. The van der Waals surface area contributed by atoms with Gasteiger partial charge in [-0.15, -0.1) is 11.3 Å². The van der Waals surface area contributed by atoms with Gasteiger partial charge in [0, 0.05) is 30.0 Å². The minimum atomic E-state index is -2.61. The Balaban J connectivity index is 1.64. The van der Waals surface area contributed by atoms with Crippen molar-refractivity contribution in [1.29, 1.82) is 0 Å². The van der Waals surface area contributed by atoms with Gasteiger partial charge in [-0.1, -0.05) is 0 Å². The lowest BCUT2D eigenvalue weighted by Crippen LogP contribution is -2.32. The predicted molar refractivity (Wildman–Crippen MR) is 106 cm³/mol. The second kappa shape index (κ2) is 8.50. The molecule has 1 aliphatic rings. The molecule has 3 heterocycles. The smallest absolute Gasteiger partial charge is 0.263 e. The molecule has 1 aliphatic carbocycles. The predicted octanol–water partition coefficient (Wildman–Crippen LogP) is 4.47. The number of anilines is 1. The summed E-state index contributed by atoms with van der Waals surface area (Å²) in [4.78, 5) is 17.3. The van der Waals surface area contributed by atoms with Gasteiger partial charge >= 0.3 is 0 Å². The fourth-order valence-electron chi connectivity index (χ4n) is 3.19. The highest BCUT2D eigenvalue weighted by Gasteiger charge is 2.35. The summed E-state index contributed by atoms with van der Waals surface area (Å²) in [5.41, 5.74) is 0.850. The van der Waals surface area contributed by atoms with Crippen LogP contribution in [0.2, 0.25) is 0 Å². The summed E-state index contributed by atoms with van der Waals surface area (Å²) in [6.45, 7) is 1.98. The highest BCUT2D eigenvalue weighted by Crippen LogP contribution is 2.39. The maximum atomic E-state index is 13.5. The van der Waals surface area contributed by atoms with E-state index in [0.717, 1.165) is 5.69 Å². The van der Waals surface area contributed by atoms with Crippen LogP contribution < -0.4 is 14.8 Å². The van der Waals surface area contributed by atoms with Crippen molar-refractivity contribution in [2.75, 3.05) is 12.4 Å². The van der Waals surface area contributed by atoms with Crippen LogP contribution in [0.5, 0.6) is 11.6 Å². The van der Waals surface area contributed by atoms with Gasteiger partial charge in [0.2, 0.25) is 11.7 Å². The Bertz CT molecular complexity index is 986. The third kappa shape index (κ3) is 4.66. The van der Waals surface area contributed by atoms with Crippen molar-refractivity contribution in [2.45, 2.75) is 51.2 Å². The Morgan fingerprint density at radius 3 is 2.70 bits per heavy atom. The Labute approximate surface area is 175 Å². The lowest BCUT2D eigenvalue weighted by atomic mass is 9.92. The van der Waals surface area contributed by atoms with Crippen molar-refractivity contribution < 1.29 is 22.7 Å². The number of methoxy groups -OCH3 is 1. The van der Waals surface area contributed by atoms with E-state index < -0.39 is 5.92 Å². The van der Waals surface area contributed by atoms with Crippen LogP contribution in [0.25, 0.3) is 10.8 Å². The van der Waals surface area contributed by atoms with Gasteiger partial charge in [0.25, 0.3) is 5.88 Å². The van der Waals surface area contributed by atoms with Gasteiger partial charge in [-0.3, -0.25) is 0 Å². The molecule has 1 saturated carbocycles. The van der Waals surface area contributed by atoms with Gasteiger partial charge in [-0.05, 0) is 19.8 Å². The van der Waals surface area contributed by atoms with Gasteiger partial charge in [0.1, 0.15) is 6.61 Å². The molecule has 0 spiro atoms. The van der Waals surface area contributed by atoms with Crippen molar-refractivity contribution in [3.8, 4) is 22.5 Å². The van der Waals surface area contributed by atoms with Gasteiger partial charge in [0.15, 0.2) is 28.8 Å². The van der Waals surface area contributed by atoms with Crippen LogP contribution >= 0.6 is 11.3 Å². The summed E-state index contributed by atoms with van der Waals surface area (Å²) in [6.07, 6.45) is 3.20. The molecule has 4 rings (SSSR count). The standard InChI is InChI=1S/C19H21F2N5O3S/c1-11-9-30-18(23-11)16-25-15(24-12-3-5-19(20,21)6-4-12)14(27-2)17(26-16)28-8-13-7-22-10-29-13/h7,9-10,12H,3-6,8H2,1-2H3,(H,24,25,26). The second-order valence-corrected chi connectivity index (χ2v) is 7.92. The Morgan fingerprint density at radius 1 is 1.27 bits per heavy atom. The first kappa shape index (κ1) is 20.5. The number of oxazole rings is 1. The summed E-state index contributed by atoms with van der Waals surface area (Å²) in [5, 5.41) is 5.76. The number of halogens is 2. The van der Waals surface area contributed by atoms with E-state index in [1.807, 2.05) is 12.3 Å². The second-order valence-electron chi connectivity index (χ2n) is 7.06. The molecule has 11 heteroatoms. The third-order valence-electron chi connectivity index (χ3n) is 4.74. The van der Waals surface area contributed by atoms with Gasteiger partial charge in [-0.25, -0.2) is 23.7 Å². The quantitative estimate of drug-likeness (QED) is 0.578. The monoisotopic (exact) mass is 437 g/mol. The van der Waals surface area contributed by atoms with E-state index in [9.17, 15) is 8.78 Å². The normalized spacial score (nSPS) is 16.4. The molecule has 8 nitrogen and oxygen atoms in total. The molecule has 0 radical (unpaired) electrons. The molecule has 0 aliphatic heterocycles. The minimum Gasteiger partial charge on any atom is -0.489 e. The van der Waals surface area contributed by atoms with Crippen LogP contribution in [0.4, 0.5) is 14.6 Å². The molecule has 1 fully saturated rings. The topological polar surface area (TPSA) is 95.2 Å². The first-order valence-corrected chi connectivity index (χ1v) is 10.3. The van der Waals surface area contributed by atoms with E-state index >= 15 is 0 Å². The van der Waals surface area contributed by atoms with Crippen LogP contribution in [0, 0.1) is 6.92 Å². The Kier molecular flexibility index (Phi) is 5.80. The fraction of sp³-hybridized carbons (Fsp3) is 0.474. The van der Waals surface area contributed by atoms with Crippen LogP contribution in [0.1, 0.15) is 37.1 Å². The van der Waals surface area contributed by atoms with Crippen molar-refractivity contribution >= 4 is 17.2 Å². The average molecular weight is 437 g/mol. The fourth-order valence-corrected chi connectivity index (χ4v) is 3.92. The van der Waals surface area contributed by atoms with Crippen molar-refractivity contribution in [3.63, 3.8) is 0 Å². The number of alkyl halides is 2. The van der Waals surface area contributed by atoms with E-state index in [-0.39, 0.29) is 31.4 Å². The molecule has 0 amide bonds. The van der Waals surface area contributed by atoms with E-state index in [1.54, 1.807) is 6.20 Å². The van der Waals surface area contributed by atoms with E-state index in [1.165, 1.54) is 24.8 Å². The molecule has 30 heavy (non-hydrogen) atoms. The third-order valence-corrected chi connectivity index (χ3v) is 5.70. The van der Waals surface area contributed by atoms with Crippen molar-refractivity contribution in [2.24, 2.45) is 0 Å². The van der Waals surface area contributed by atoms with Crippen molar-refractivity contribution in [1.82, 2.24) is 19.9 Å². The van der Waals surface area contributed by atoms with Gasteiger partial charge in [0.05, 0.1) is 13.3 Å². The first-order chi connectivity index (χ1) is 14.4. The highest BCUT2D eigenvalue weighted by atomic mass is 32.1. The highest BCUT2D eigenvalue weighted by molar-refractivity contribution is 7.13. The number of aryl methyl sites for hydroxylation is 1. The van der Waals surface area contributed by atoms with Crippen molar-refractivity contribution in [3.05, 3.63) is 29.4 Å². The maximum Gasteiger partial charge on any atom is 0.263 e. The molecular weight excluding hydrogens is 416 g/mol. The first-order valence-electron chi connectivity index (χ1n) is 9.46. The number of rotatable bonds is 7. The maximum absolute atomic E-state index is 13.5. The zero-order valence-electron chi connectivity index (χ0n) is 16.5. The molecule has 3 aromatic heterocycles. The summed E-state index contributed by atoms with van der Waals surface area (Å²) < 4.78 is 43.6. The van der Waals surface area contributed by atoms with Gasteiger partial charge < -0.3 is 19.2 Å². The number of hydrogen-bond acceptors (Lipinski definition) is 9. The summed E-state index contributed by atoms with van der Waals surface area (Å²) in [5.74, 6) is -0.836. The molecule has 0 unspecified atom stereocenters. The SMILES string of the molecule is COc1c(NC2CCC(F)(F)CC2)nc(-c2nc(C)cs2)nc1OCc1cnco1. The zero-order valence-corrected chi connectivity index (χ0v) is 17.3. The Morgan fingerprint density at radius 2 is 2.07 bits per heavy atom. The number of ether oxygens (including phenoxy) is 2. The molecule has 1 N–H and O–H groups in total. The summed E-state index contributed by atoms with van der Waals surface area (Å²) >= 11 is 1.41. The van der Waals surface area contributed by atoms with E-state index in [0.29, 0.717) is 41.0 Å². The summed E-state index contributed by atoms with van der Waals surface area (Å²) in [7, 11) is 1.48. The molecular formula is C19H21F2N5O3S. The number of nitrogens with zero attached hydrogens (tertiary/aromatic N) is 4. The lowest BCUT2D eigenvalue weighted by Gasteiger charge is -2.29. The summed E-state index contributed by atoms with van der Waals surface area (Å²) in [6, 6.07) is -0.151. The number of nitrogens with one attached hydrogen (secondary N) is 1. The van der Waals surface area contributed by atoms with Crippen LogP contribution in [-0.4, -0.2) is 39.0 Å². The van der Waals surface area contributed by atoms with E-state index in [4.69, 9.17) is 13.9 Å². The molecule has 0 saturated heterocycles. The van der Waals surface area contributed by atoms with Crippen LogP contribution in [0.3, 0.4) is 0 Å². The Hall–Kier alpha value is -2.82. The minimum absolute atomic E-state index is 0.0960. The van der Waals surface area contributed by atoms with E-state index in [2.05, 4.69) is 25.3 Å². The molecule has 0 aromatic carbocycles. The molecule has 160 valence electrons. The molecule has 0 atom stereocenters. The largest absolute Gasteiger partial charge is 0.489 e. The lowest BCUT2D eigenvalue weighted by molar-refractivity contribution is -0.0361. The molecule has 0 bridgehead atoms. The van der Waals surface area contributed by atoms with Crippen LogP contribution in [0.15, 0.2) is 22.4 Å². The van der Waals surface area contributed by atoms with Gasteiger partial charge in [-0.2, -0.15) is 4.98 Å². The number of aromatic nitrogens is 4. The zero-order chi connectivity index (χ0) is 21.1.